The van der Waals surface area contributed by atoms with Gasteiger partial charge in [0.25, 0.3) is 0 Å². The molecule has 0 aliphatic carbocycles. The molecule has 0 heterocycles. The molecule has 0 rings (SSSR count). The lowest BCUT2D eigenvalue weighted by Crippen LogP contribution is -2.45. The highest BCUT2D eigenvalue weighted by atomic mass is 16.6. The number of hydrogen-bond acceptors (Lipinski definition) is 6. The molecule has 0 saturated carbocycles. The lowest BCUT2D eigenvalue weighted by atomic mass is 10.2. The van der Waals surface area contributed by atoms with Crippen molar-refractivity contribution in [2.45, 2.75) is 45.3 Å². The predicted octanol–water partition coefficient (Wildman–Crippen LogP) is 0.745. The summed E-state index contributed by atoms with van der Waals surface area (Å²) >= 11 is 0. The van der Waals surface area contributed by atoms with Crippen molar-refractivity contribution in [3.63, 3.8) is 0 Å². The molecule has 0 saturated heterocycles. The number of carboxylic acid groups (broad SMARTS) is 2. The molecule has 0 fully saturated rings. The molecule has 0 aliphatic heterocycles. The van der Waals surface area contributed by atoms with E-state index in [1.807, 2.05) is 6.92 Å². The molecule has 2 N–H and O–H groups in total. The Morgan fingerprint density at radius 1 is 0.905 bits per heavy atom. The number of carboxylic acids is 2. The van der Waals surface area contributed by atoms with E-state index in [0.29, 0.717) is 6.42 Å². The summed E-state index contributed by atoms with van der Waals surface area (Å²) in [6.45, 7) is 3.26. The monoisotopic (exact) mass is 302 g/mol. The first-order valence-corrected chi connectivity index (χ1v) is 6.33. The Balaban J connectivity index is 4.94. The molecule has 0 bridgehead atoms. The highest BCUT2D eigenvalue weighted by Gasteiger charge is 2.40. The van der Waals surface area contributed by atoms with Crippen LogP contribution < -0.4 is 0 Å². The lowest BCUT2D eigenvalue weighted by Gasteiger charge is -2.20. The number of allylic oxidation sites excluding steroid dienone is 1. The number of carbonyl (C=O) groups excluding carboxylic acids is 2. The zero-order valence-electron chi connectivity index (χ0n) is 11.8. The number of carbonyl (C=O) groups is 4. The summed E-state index contributed by atoms with van der Waals surface area (Å²) in [7, 11) is 0. The quantitative estimate of drug-likeness (QED) is 0.471. The molecule has 8 heteroatoms. The van der Waals surface area contributed by atoms with Crippen molar-refractivity contribution < 1.29 is 38.9 Å². The van der Waals surface area contributed by atoms with Crippen LogP contribution in [0.5, 0.6) is 0 Å². The van der Waals surface area contributed by atoms with Gasteiger partial charge in [0.1, 0.15) is 0 Å². The van der Waals surface area contributed by atoms with Gasteiger partial charge in [-0.3, -0.25) is 9.59 Å². The molecular formula is C13H18O8. The minimum absolute atomic E-state index is 0.136. The Morgan fingerprint density at radius 3 is 1.76 bits per heavy atom. The number of aliphatic carboxylic acids is 2. The summed E-state index contributed by atoms with van der Waals surface area (Å²) in [4.78, 5) is 44.6. The summed E-state index contributed by atoms with van der Waals surface area (Å²) in [5.74, 6) is -5.25. The summed E-state index contributed by atoms with van der Waals surface area (Å²) in [6.07, 6.45) is -0.705. The maximum Gasteiger partial charge on any atom is 0.349 e. The first kappa shape index (κ1) is 18.6. The third-order valence-electron chi connectivity index (χ3n) is 2.25. The van der Waals surface area contributed by atoms with Gasteiger partial charge in [-0.2, -0.15) is 0 Å². The minimum Gasteiger partial charge on any atom is -0.478 e. The lowest BCUT2D eigenvalue weighted by molar-refractivity contribution is -0.187. The summed E-state index contributed by atoms with van der Waals surface area (Å²) in [6, 6.07) is 0. The standard InChI is InChI=1S/C13H18O8/c1-3-5-6-7-9(15)21-11(13(18)19)10(12(16)17)20-8(14)4-2/h5-6,10-11H,3-4,7H2,1-2H3,(H,16,17)(H,18,19)/b6-5-. The van der Waals surface area contributed by atoms with E-state index in [9.17, 15) is 19.2 Å². The maximum atomic E-state index is 11.4. The molecule has 0 amide bonds. The van der Waals surface area contributed by atoms with Crippen molar-refractivity contribution in [2.24, 2.45) is 0 Å². The highest BCUT2D eigenvalue weighted by Crippen LogP contribution is 2.09. The molecule has 0 aromatic heterocycles. The van der Waals surface area contributed by atoms with Crippen LogP contribution in [0.1, 0.15) is 33.1 Å². The molecule has 8 nitrogen and oxygen atoms in total. The second-order valence-electron chi connectivity index (χ2n) is 3.93. The van der Waals surface area contributed by atoms with Gasteiger partial charge in [0.05, 0.1) is 6.42 Å². The summed E-state index contributed by atoms with van der Waals surface area (Å²) in [5.41, 5.74) is 0. The van der Waals surface area contributed by atoms with Crippen LogP contribution in [-0.4, -0.2) is 46.3 Å². The minimum atomic E-state index is -2.10. The van der Waals surface area contributed by atoms with Crippen molar-refractivity contribution in [3.05, 3.63) is 12.2 Å². The predicted molar refractivity (Wildman–Crippen MR) is 69.4 cm³/mol. The van der Waals surface area contributed by atoms with Crippen LogP contribution >= 0.6 is 0 Å². The number of esters is 2. The first-order valence-electron chi connectivity index (χ1n) is 6.33. The van der Waals surface area contributed by atoms with Crippen molar-refractivity contribution in [1.29, 1.82) is 0 Å². The van der Waals surface area contributed by atoms with Crippen LogP contribution in [0.4, 0.5) is 0 Å². The topological polar surface area (TPSA) is 127 Å². The van der Waals surface area contributed by atoms with Gasteiger partial charge in [-0.25, -0.2) is 9.59 Å². The van der Waals surface area contributed by atoms with Crippen molar-refractivity contribution in [2.75, 3.05) is 0 Å². The fraction of sp³-hybridized carbons (Fsp3) is 0.538. The van der Waals surface area contributed by atoms with Gasteiger partial charge in [0.15, 0.2) is 0 Å². The van der Waals surface area contributed by atoms with E-state index in [2.05, 4.69) is 9.47 Å². The highest BCUT2D eigenvalue weighted by molar-refractivity contribution is 5.87. The number of rotatable bonds is 9. The molecule has 2 unspecified atom stereocenters. The Bertz CT molecular complexity index is 426. The third kappa shape index (κ3) is 7.09. The molecule has 0 aromatic carbocycles. The maximum absolute atomic E-state index is 11.4. The Labute approximate surface area is 121 Å². The summed E-state index contributed by atoms with van der Waals surface area (Å²) < 4.78 is 9.08. The van der Waals surface area contributed by atoms with Gasteiger partial charge in [0.2, 0.25) is 12.2 Å². The Kier molecular flexibility index (Phi) is 8.43. The van der Waals surface area contributed by atoms with Gasteiger partial charge in [-0.1, -0.05) is 26.0 Å². The van der Waals surface area contributed by atoms with E-state index in [0.717, 1.165) is 0 Å². The molecule has 0 aromatic rings. The Hall–Kier alpha value is -2.38. The van der Waals surface area contributed by atoms with Gasteiger partial charge < -0.3 is 19.7 Å². The molecule has 2 atom stereocenters. The van der Waals surface area contributed by atoms with Crippen molar-refractivity contribution in [3.8, 4) is 0 Å². The smallest absolute Gasteiger partial charge is 0.349 e. The van der Waals surface area contributed by atoms with Crippen molar-refractivity contribution in [1.82, 2.24) is 0 Å². The van der Waals surface area contributed by atoms with Crippen LogP contribution in [0.2, 0.25) is 0 Å². The van der Waals surface area contributed by atoms with E-state index in [1.165, 1.54) is 13.0 Å². The van der Waals surface area contributed by atoms with Crippen LogP contribution in [-0.2, 0) is 28.7 Å². The van der Waals surface area contributed by atoms with Crippen LogP contribution in [0.15, 0.2) is 12.2 Å². The summed E-state index contributed by atoms with van der Waals surface area (Å²) in [5, 5.41) is 17.9. The normalized spacial score (nSPS) is 13.4. The second-order valence-corrected chi connectivity index (χ2v) is 3.93. The van der Waals surface area contributed by atoms with Gasteiger partial charge in [-0.15, -0.1) is 0 Å². The van der Waals surface area contributed by atoms with E-state index >= 15 is 0 Å². The average Bonchev–Trinajstić information content (AvgIpc) is 2.42. The van der Waals surface area contributed by atoms with E-state index in [4.69, 9.17) is 10.2 Å². The zero-order chi connectivity index (χ0) is 16.4. The van der Waals surface area contributed by atoms with Crippen molar-refractivity contribution >= 4 is 23.9 Å². The zero-order valence-corrected chi connectivity index (χ0v) is 11.8. The molecule has 21 heavy (non-hydrogen) atoms. The van der Waals surface area contributed by atoms with Crippen LogP contribution in [0.25, 0.3) is 0 Å². The molecule has 0 aliphatic rings. The largest absolute Gasteiger partial charge is 0.478 e. The SMILES string of the molecule is CC/C=C\CC(=O)OC(C(=O)O)C(OC(=O)CC)C(=O)O. The number of hydrogen-bond donors (Lipinski definition) is 2. The van der Waals surface area contributed by atoms with E-state index in [1.54, 1.807) is 6.08 Å². The second kappa shape index (κ2) is 9.51. The fourth-order valence-electron chi connectivity index (χ4n) is 1.24. The van der Waals surface area contributed by atoms with Gasteiger partial charge in [-0.05, 0) is 6.42 Å². The third-order valence-corrected chi connectivity index (χ3v) is 2.25. The molecule has 0 radical (unpaired) electrons. The van der Waals surface area contributed by atoms with E-state index in [-0.39, 0.29) is 12.8 Å². The Morgan fingerprint density at radius 2 is 1.38 bits per heavy atom. The van der Waals surface area contributed by atoms with Gasteiger partial charge >= 0.3 is 23.9 Å². The first-order chi connectivity index (χ1) is 9.83. The molecule has 0 spiro atoms. The molecule has 118 valence electrons. The van der Waals surface area contributed by atoms with Gasteiger partial charge in [0, 0.05) is 6.42 Å². The average molecular weight is 302 g/mol. The van der Waals surface area contributed by atoms with Crippen LogP contribution in [0, 0.1) is 0 Å². The number of ether oxygens (including phenoxy) is 2. The van der Waals surface area contributed by atoms with E-state index < -0.39 is 36.1 Å². The fourth-order valence-corrected chi connectivity index (χ4v) is 1.24. The molecular weight excluding hydrogens is 284 g/mol. The van der Waals surface area contributed by atoms with Crippen LogP contribution in [0.3, 0.4) is 0 Å².